The van der Waals surface area contributed by atoms with Crippen molar-refractivity contribution >= 4 is 215 Å². The zero-order valence-corrected chi connectivity index (χ0v) is 47.7. The molecule has 0 amide bonds. The Bertz CT molecular complexity index is 904. The molecule has 4 aliphatic heterocycles. The van der Waals surface area contributed by atoms with Gasteiger partial charge in [-0.15, -0.1) is 88.6 Å². The van der Waals surface area contributed by atoms with E-state index < -0.39 is 50.9 Å². The molecule has 4 heterocycles. The maximum atomic E-state index is 7.05. The first kappa shape index (κ1) is 38.4. The SMILES string of the molecule is C[SiH]1C[Si]2(C)CC([SiH3])C([SiH3])[SiH](C)[Si]2(C)[SiH](C)[SiH]1C.Cl[Si]1(Cl)C[Si]2(Cl)CCC[Si](Cl)(Cl)[Si]2(Cl)[Si](Cl)(Cl)[Si]1(Cl)Cl. The second-order valence-electron chi connectivity index (χ2n) is 13.7. The van der Waals surface area contributed by atoms with Crippen LogP contribution in [0.15, 0.2) is 0 Å². The van der Waals surface area contributed by atoms with Gasteiger partial charge in [-0.3, -0.25) is 0 Å². The van der Waals surface area contributed by atoms with Crippen LogP contribution in [0.4, 0.5) is 0 Å². The van der Waals surface area contributed by atoms with Crippen LogP contribution < -0.4 is 0 Å². The molecule has 38 heavy (non-hydrogen) atoms. The maximum Gasteiger partial charge on any atom is 0.294 e. The normalized spacial score (nSPS) is 52.7. The monoisotopic (exact) mass is 952 g/mol. The second kappa shape index (κ2) is 12.4. The molecule has 4 fully saturated rings. The molecule has 0 saturated carbocycles. The van der Waals surface area contributed by atoms with Crippen molar-refractivity contribution in [1.29, 1.82) is 0 Å². The van der Waals surface area contributed by atoms with Gasteiger partial charge in [-0.2, -0.15) is 22.2 Å². The van der Waals surface area contributed by atoms with Crippen LogP contribution in [0.25, 0.3) is 0 Å². The van der Waals surface area contributed by atoms with Gasteiger partial charge in [0.25, 0.3) is 23.9 Å². The third-order valence-corrected chi connectivity index (χ3v) is 297. The molecular formula is C14H42Cl10Si14. The maximum absolute atomic E-state index is 7.05. The van der Waals surface area contributed by atoms with Crippen LogP contribution in [0.3, 0.4) is 0 Å². The number of rotatable bonds is 0. The summed E-state index contributed by atoms with van der Waals surface area (Å²) in [6.45, 7) is 14.3. The Morgan fingerprint density at radius 3 is 1.79 bits per heavy atom. The Labute approximate surface area is 296 Å². The van der Waals surface area contributed by atoms with Crippen LogP contribution >= 0.6 is 111 Å². The van der Waals surface area contributed by atoms with E-state index in [-0.39, 0.29) is 32.3 Å². The first-order valence-electron chi connectivity index (χ1n) is 13.7. The lowest BCUT2D eigenvalue weighted by atomic mass is 10.5. The van der Waals surface area contributed by atoms with Crippen LogP contribution in [0.5, 0.6) is 0 Å². The fourth-order valence-corrected chi connectivity index (χ4v) is 453. The second-order valence-corrected chi connectivity index (χ2v) is 153. The van der Waals surface area contributed by atoms with E-state index >= 15 is 0 Å². The number of hydrogen-bond acceptors (Lipinski definition) is 0. The minimum atomic E-state index is -3.40. The van der Waals surface area contributed by atoms with E-state index in [4.69, 9.17) is 111 Å². The predicted octanol–water partition coefficient (Wildman–Crippen LogP) is 5.76. The Morgan fingerprint density at radius 2 is 1.26 bits per heavy atom. The molecule has 0 aromatic heterocycles. The largest absolute Gasteiger partial charge is 0.294 e. The molecule has 0 aromatic carbocycles. The zero-order valence-electron chi connectivity index (χ0n) is 23.5. The molecule has 10 unspecified atom stereocenters. The molecular weight excluding hydrogens is 916 g/mol. The smallest absolute Gasteiger partial charge is 0.170 e. The minimum absolute atomic E-state index is 0.138. The third-order valence-electron chi connectivity index (χ3n) is 12.1. The quantitative estimate of drug-likeness (QED) is 0.215. The molecule has 0 bridgehead atoms. The van der Waals surface area contributed by atoms with Gasteiger partial charge in [0.2, 0.25) is 5.94 Å². The Kier molecular flexibility index (Phi) is 12.6. The highest BCUT2D eigenvalue weighted by molar-refractivity contribution is 8.39. The molecule has 0 aromatic rings. The molecule has 4 saturated heterocycles. The van der Waals surface area contributed by atoms with Crippen molar-refractivity contribution < 1.29 is 0 Å². The van der Waals surface area contributed by atoms with Crippen molar-refractivity contribution in [1.82, 2.24) is 0 Å². The highest BCUT2D eigenvalue weighted by Crippen LogP contribution is 2.66. The molecule has 0 N–H and O–H groups in total. The Balaban J connectivity index is 0.000000212. The molecule has 24 heteroatoms. The van der Waals surface area contributed by atoms with E-state index in [1.807, 2.05) is 11.7 Å². The van der Waals surface area contributed by atoms with Crippen LogP contribution in [-0.2, 0) is 0 Å². The topological polar surface area (TPSA) is 0 Å². The molecule has 10 atom stereocenters. The minimum Gasteiger partial charge on any atom is -0.170 e. The molecule has 0 spiro atoms. The van der Waals surface area contributed by atoms with Gasteiger partial charge >= 0.3 is 0 Å². The van der Waals surface area contributed by atoms with Crippen LogP contribution in [0, 0.1) is 0 Å². The van der Waals surface area contributed by atoms with E-state index in [1.165, 1.54) is 10.7 Å². The van der Waals surface area contributed by atoms with E-state index in [9.17, 15) is 0 Å². The zero-order chi connectivity index (χ0) is 29.7. The van der Waals surface area contributed by atoms with Crippen molar-refractivity contribution in [3.05, 3.63) is 0 Å². The summed E-state index contributed by atoms with van der Waals surface area (Å²) in [6, 6.07) is 3.25. The highest BCUT2D eigenvalue weighted by atomic mass is 35.8. The van der Waals surface area contributed by atoms with Crippen molar-refractivity contribution in [2.75, 3.05) is 0 Å². The van der Waals surface area contributed by atoms with Crippen LogP contribution in [0.2, 0.25) is 79.5 Å². The van der Waals surface area contributed by atoms with Gasteiger partial charge < -0.3 is 0 Å². The standard InChI is InChI=1S/C10H34Si8.C4H8Cl10Si6/c1-13-8-17(5)7-9(11)10(12)14(2)18(17,6)16(4)15(13)3;5-15-2-1-3-16(6,7)20(15,14)19(12,13)18(10,11)17(8,9)4-15/h9-10,13-16H,7-8H2,1-6,11-12H3;1-4H2. The fourth-order valence-electron chi connectivity index (χ4n) is 8.80. The molecule has 0 radical (unpaired) electrons. The average Bonchev–Trinajstić information content (AvgIpc) is 2.76. The third kappa shape index (κ3) is 5.61. The highest BCUT2D eigenvalue weighted by Gasteiger charge is 2.90. The summed E-state index contributed by atoms with van der Waals surface area (Å²) in [7, 11) is 1.65. The van der Waals surface area contributed by atoms with E-state index in [0.717, 1.165) is 12.5 Å². The van der Waals surface area contributed by atoms with E-state index in [2.05, 4.69) is 39.3 Å². The van der Waals surface area contributed by atoms with E-state index in [0.29, 0.717) is 11.7 Å². The van der Waals surface area contributed by atoms with Gasteiger partial charge in [-0.05, 0) is 17.8 Å². The predicted molar refractivity (Wildman–Crippen MR) is 224 cm³/mol. The van der Waals surface area contributed by atoms with Crippen molar-refractivity contribution in [3.63, 3.8) is 0 Å². The lowest BCUT2D eigenvalue weighted by Crippen LogP contribution is -2.92. The molecule has 0 nitrogen and oxygen atoms in total. The summed E-state index contributed by atoms with van der Waals surface area (Å²) in [6.07, 6.45) is -5.11. The van der Waals surface area contributed by atoms with Gasteiger partial charge in [0, 0.05) is 67.0 Å². The molecule has 4 rings (SSSR count). The lowest BCUT2D eigenvalue weighted by Gasteiger charge is -2.63. The van der Waals surface area contributed by atoms with Gasteiger partial charge in [0.05, 0.1) is 0 Å². The Morgan fingerprint density at radius 1 is 0.737 bits per heavy atom. The fraction of sp³-hybridized carbons (Fsp3) is 1.00. The summed E-state index contributed by atoms with van der Waals surface area (Å²) >= 11 is 67.0. The van der Waals surface area contributed by atoms with Crippen molar-refractivity contribution in [2.24, 2.45) is 0 Å². The van der Waals surface area contributed by atoms with Crippen molar-refractivity contribution in [2.45, 2.75) is 85.9 Å². The summed E-state index contributed by atoms with van der Waals surface area (Å²) in [4.78, 5) is 0. The number of hydrogen-bond donors (Lipinski definition) is 0. The summed E-state index contributed by atoms with van der Waals surface area (Å²) in [5.41, 5.74) is -3.07. The molecule has 4 aliphatic rings. The lowest BCUT2D eigenvalue weighted by molar-refractivity contribution is 0.967. The van der Waals surface area contributed by atoms with Crippen LogP contribution in [-0.4, -0.2) is 104 Å². The van der Waals surface area contributed by atoms with Gasteiger partial charge in [0.1, 0.15) is 0 Å². The first-order chi connectivity index (χ1) is 16.8. The summed E-state index contributed by atoms with van der Waals surface area (Å²) in [5, 5.41) is 1.39. The van der Waals surface area contributed by atoms with Gasteiger partial charge in [0.15, 0.2) is 6.90 Å². The number of halogens is 10. The van der Waals surface area contributed by atoms with Gasteiger partial charge in [-0.25, -0.2) is 0 Å². The molecule has 224 valence electrons. The van der Waals surface area contributed by atoms with Gasteiger partial charge in [-0.1, -0.05) is 68.1 Å². The average molecular weight is 958 g/mol. The summed E-state index contributed by atoms with van der Waals surface area (Å²) < 4.78 is 0. The van der Waals surface area contributed by atoms with Crippen LogP contribution in [0.1, 0.15) is 6.42 Å². The first-order valence-corrected chi connectivity index (χ1v) is 65.4. The molecule has 0 aliphatic carbocycles. The van der Waals surface area contributed by atoms with E-state index in [1.54, 1.807) is 20.5 Å². The summed E-state index contributed by atoms with van der Waals surface area (Å²) in [5.74, 6) is -3.08. The van der Waals surface area contributed by atoms with Crippen molar-refractivity contribution in [3.8, 4) is 0 Å². The Hall–Kier alpha value is 5.94. The number of fused-ring (bicyclic) bond motifs is 2.